The van der Waals surface area contributed by atoms with Crippen molar-refractivity contribution >= 4 is 17.7 Å². The third kappa shape index (κ3) is 4.70. The second-order valence-corrected chi connectivity index (χ2v) is 5.54. The number of nitrogens with zero attached hydrogens (tertiary/aromatic N) is 1. The highest BCUT2D eigenvalue weighted by Gasteiger charge is 2.03. The molecule has 0 fully saturated rings. The predicted molar refractivity (Wildman–Crippen MR) is 83.4 cm³/mol. The van der Waals surface area contributed by atoms with Crippen molar-refractivity contribution in [3.8, 4) is 0 Å². The molecule has 0 aliphatic heterocycles. The fourth-order valence-corrected chi connectivity index (χ4v) is 2.71. The maximum Gasteiger partial charge on any atom is 0.230 e. The van der Waals surface area contributed by atoms with Gasteiger partial charge in [-0.05, 0) is 35.7 Å². The highest BCUT2D eigenvalue weighted by atomic mass is 32.2. The van der Waals surface area contributed by atoms with Crippen LogP contribution in [0.2, 0.25) is 0 Å². The summed E-state index contributed by atoms with van der Waals surface area (Å²) in [6, 6.07) is 12.1. The summed E-state index contributed by atoms with van der Waals surface area (Å²) in [5.41, 5.74) is 3.63. The van der Waals surface area contributed by atoms with Crippen LogP contribution in [-0.4, -0.2) is 16.6 Å². The van der Waals surface area contributed by atoms with Gasteiger partial charge in [0.15, 0.2) is 0 Å². The van der Waals surface area contributed by atoms with Gasteiger partial charge in [0.25, 0.3) is 0 Å². The molecule has 0 unspecified atom stereocenters. The van der Waals surface area contributed by atoms with Crippen LogP contribution in [0.15, 0.2) is 48.8 Å². The Kier molecular flexibility index (Phi) is 5.62. The molecular weight excluding hydrogens is 268 g/mol. The Morgan fingerprint density at radius 2 is 1.95 bits per heavy atom. The lowest BCUT2D eigenvalue weighted by molar-refractivity contribution is -0.118. The van der Waals surface area contributed by atoms with E-state index >= 15 is 0 Å². The number of hydrogen-bond acceptors (Lipinski definition) is 3. The number of amides is 1. The first-order chi connectivity index (χ1) is 9.75. The minimum atomic E-state index is 0.0698. The van der Waals surface area contributed by atoms with Gasteiger partial charge >= 0.3 is 0 Å². The molecule has 0 saturated carbocycles. The van der Waals surface area contributed by atoms with E-state index in [1.165, 1.54) is 11.1 Å². The van der Waals surface area contributed by atoms with E-state index in [0.717, 1.165) is 11.3 Å². The maximum absolute atomic E-state index is 11.7. The number of nitrogens with one attached hydrogen (secondary N) is 1. The fourth-order valence-electron chi connectivity index (χ4n) is 1.78. The number of pyridine rings is 1. The van der Waals surface area contributed by atoms with E-state index in [0.29, 0.717) is 12.3 Å². The molecule has 1 amide bonds. The first-order valence-electron chi connectivity index (χ1n) is 6.53. The quantitative estimate of drug-likeness (QED) is 0.887. The lowest BCUT2D eigenvalue weighted by Gasteiger charge is -2.06. The summed E-state index contributed by atoms with van der Waals surface area (Å²) in [4.78, 5) is 15.7. The number of hydrogen-bond donors (Lipinski definition) is 1. The number of aromatic nitrogens is 1. The Bertz CT molecular complexity index is 557. The van der Waals surface area contributed by atoms with Crippen LogP contribution in [0, 0.1) is 6.92 Å². The first kappa shape index (κ1) is 14.6. The van der Waals surface area contributed by atoms with Gasteiger partial charge in [0.2, 0.25) is 5.91 Å². The van der Waals surface area contributed by atoms with Gasteiger partial charge in [-0.15, -0.1) is 11.8 Å². The molecule has 3 nitrogen and oxygen atoms in total. The number of thioether (sulfide) groups is 1. The molecule has 0 radical (unpaired) electrons. The summed E-state index contributed by atoms with van der Waals surface area (Å²) < 4.78 is 0. The SMILES string of the molecule is Cc1ccccc1CSCC(=O)NCc1ccncc1. The second-order valence-electron chi connectivity index (χ2n) is 4.55. The van der Waals surface area contributed by atoms with Crippen LogP contribution >= 0.6 is 11.8 Å². The molecule has 0 aliphatic rings. The van der Waals surface area contributed by atoms with Gasteiger partial charge in [-0.25, -0.2) is 0 Å². The Balaban J connectivity index is 1.69. The van der Waals surface area contributed by atoms with E-state index in [-0.39, 0.29) is 5.91 Å². The van der Waals surface area contributed by atoms with Gasteiger partial charge in [0, 0.05) is 24.7 Å². The zero-order valence-corrected chi connectivity index (χ0v) is 12.3. The molecule has 1 heterocycles. The van der Waals surface area contributed by atoms with Crippen molar-refractivity contribution < 1.29 is 4.79 Å². The summed E-state index contributed by atoms with van der Waals surface area (Å²) in [5.74, 6) is 1.43. The van der Waals surface area contributed by atoms with Crippen molar-refractivity contribution in [3.63, 3.8) is 0 Å². The molecule has 0 aliphatic carbocycles. The van der Waals surface area contributed by atoms with E-state index in [9.17, 15) is 4.79 Å². The molecule has 1 aromatic heterocycles. The number of rotatable bonds is 6. The number of carbonyl (C=O) groups excluding carboxylic acids is 1. The fraction of sp³-hybridized carbons (Fsp3) is 0.250. The molecule has 0 atom stereocenters. The van der Waals surface area contributed by atoms with Gasteiger partial charge in [-0.2, -0.15) is 0 Å². The first-order valence-corrected chi connectivity index (χ1v) is 7.69. The topological polar surface area (TPSA) is 42.0 Å². The van der Waals surface area contributed by atoms with E-state index in [1.807, 2.05) is 24.3 Å². The van der Waals surface area contributed by atoms with Crippen molar-refractivity contribution in [2.45, 2.75) is 19.2 Å². The van der Waals surface area contributed by atoms with Gasteiger partial charge < -0.3 is 5.32 Å². The highest BCUT2D eigenvalue weighted by molar-refractivity contribution is 7.99. The molecule has 104 valence electrons. The zero-order chi connectivity index (χ0) is 14.2. The standard InChI is InChI=1S/C16H18N2OS/c1-13-4-2-3-5-15(13)11-20-12-16(19)18-10-14-6-8-17-9-7-14/h2-9H,10-12H2,1H3,(H,18,19). The van der Waals surface area contributed by atoms with Crippen LogP contribution in [0.3, 0.4) is 0 Å². The molecule has 20 heavy (non-hydrogen) atoms. The summed E-state index contributed by atoms with van der Waals surface area (Å²) in [5, 5.41) is 2.91. The van der Waals surface area contributed by atoms with E-state index < -0.39 is 0 Å². The van der Waals surface area contributed by atoms with Gasteiger partial charge in [-0.3, -0.25) is 9.78 Å². The lowest BCUT2D eigenvalue weighted by atomic mass is 10.1. The van der Waals surface area contributed by atoms with E-state index in [2.05, 4.69) is 29.4 Å². The van der Waals surface area contributed by atoms with E-state index in [4.69, 9.17) is 0 Å². The summed E-state index contributed by atoms with van der Waals surface area (Å²) in [6.45, 7) is 2.66. The smallest absolute Gasteiger partial charge is 0.230 e. The van der Waals surface area contributed by atoms with Gasteiger partial charge in [-0.1, -0.05) is 24.3 Å². The number of benzene rings is 1. The van der Waals surface area contributed by atoms with Crippen molar-refractivity contribution in [2.75, 3.05) is 5.75 Å². The van der Waals surface area contributed by atoms with E-state index in [1.54, 1.807) is 24.2 Å². The van der Waals surface area contributed by atoms with Gasteiger partial charge in [0.1, 0.15) is 0 Å². The third-order valence-corrected chi connectivity index (χ3v) is 3.97. The Morgan fingerprint density at radius 1 is 1.20 bits per heavy atom. The average Bonchev–Trinajstić information content (AvgIpc) is 2.48. The van der Waals surface area contributed by atoms with Crippen LogP contribution in [0.1, 0.15) is 16.7 Å². The van der Waals surface area contributed by atoms with Gasteiger partial charge in [0.05, 0.1) is 5.75 Å². The largest absolute Gasteiger partial charge is 0.351 e. The molecule has 0 spiro atoms. The molecule has 0 saturated heterocycles. The maximum atomic E-state index is 11.7. The molecule has 2 rings (SSSR count). The molecule has 1 aromatic carbocycles. The predicted octanol–water partition coefficient (Wildman–Crippen LogP) is 2.94. The van der Waals surface area contributed by atoms with Crippen LogP contribution < -0.4 is 5.32 Å². The molecule has 1 N–H and O–H groups in total. The number of aryl methyl sites for hydroxylation is 1. The van der Waals surface area contributed by atoms with Crippen molar-refractivity contribution in [2.24, 2.45) is 0 Å². The van der Waals surface area contributed by atoms with Crippen LogP contribution in [0.4, 0.5) is 0 Å². The van der Waals surface area contributed by atoms with Crippen LogP contribution in [-0.2, 0) is 17.1 Å². The normalized spacial score (nSPS) is 10.2. The lowest BCUT2D eigenvalue weighted by Crippen LogP contribution is -2.24. The van der Waals surface area contributed by atoms with Crippen LogP contribution in [0.25, 0.3) is 0 Å². The summed E-state index contributed by atoms with van der Waals surface area (Å²) in [7, 11) is 0. The summed E-state index contributed by atoms with van der Waals surface area (Å²) in [6.07, 6.45) is 3.46. The number of carbonyl (C=O) groups is 1. The van der Waals surface area contributed by atoms with Crippen molar-refractivity contribution in [3.05, 3.63) is 65.5 Å². The Hall–Kier alpha value is -1.81. The molecule has 4 heteroatoms. The highest BCUT2D eigenvalue weighted by Crippen LogP contribution is 2.15. The van der Waals surface area contributed by atoms with Crippen molar-refractivity contribution in [1.29, 1.82) is 0 Å². The minimum absolute atomic E-state index is 0.0698. The monoisotopic (exact) mass is 286 g/mol. The molecule has 0 bridgehead atoms. The minimum Gasteiger partial charge on any atom is -0.351 e. The Labute approximate surface area is 123 Å². The third-order valence-electron chi connectivity index (χ3n) is 2.99. The summed E-state index contributed by atoms with van der Waals surface area (Å²) >= 11 is 1.64. The van der Waals surface area contributed by atoms with Crippen molar-refractivity contribution in [1.82, 2.24) is 10.3 Å². The average molecular weight is 286 g/mol. The second kappa shape index (κ2) is 7.70. The Morgan fingerprint density at radius 3 is 2.70 bits per heavy atom. The zero-order valence-electron chi connectivity index (χ0n) is 11.5. The van der Waals surface area contributed by atoms with Crippen LogP contribution in [0.5, 0.6) is 0 Å². The molecule has 2 aromatic rings. The molecular formula is C16H18N2OS.